The maximum Gasteiger partial charge on any atom is 0.253 e. The number of nitrogen functional groups attached to an aromatic ring is 1. The first-order valence-electron chi connectivity index (χ1n) is 9.86. The van der Waals surface area contributed by atoms with Gasteiger partial charge in [0.2, 0.25) is 5.95 Å². The van der Waals surface area contributed by atoms with Crippen LogP contribution in [0.5, 0.6) is 0 Å². The van der Waals surface area contributed by atoms with Gasteiger partial charge in [-0.05, 0) is 36.8 Å². The van der Waals surface area contributed by atoms with Crippen molar-refractivity contribution in [2.24, 2.45) is 0 Å². The van der Waals surface area contributed by atoms with Crippen LogP contribution in [0.1, 0.15) is 17.3 Å². The zero-order chi connectivity index (χ0) is 21.4. The van der Waals surface area contributed by atoms with Crippen molar-refractivity contribution in [2.75, 3.05) is 17.6 Å². The highest BCUT2D eigenvalue weighted by Gasteiger charge is 2.21. The summed E-state index contributed by atoms with van der Waals surface area (Å²) in [5, 5.41) is 10.3. The van der Waals surface area contributed by atoms with Gasteiger partial charge >= 0.3 is 0 Å². The van der Waals surface area contributed by atoms with Crippen LogP contribution in [0.2, 0.25) is 0 Å². The number of hydrogen-bond acceptors (Lipinski definition) is 6. The van der Waals surface area contributed by atoms with Crippen LogP contribution in [0.4, 0.5) is 17.5 Å². The lowest BCUT2D eigenvalue weighted by molar-refractivity contribution is 0.0956. The number of nitrogens with two attached hydrogens (primary N) is 1. The van der Waals surface area contributed by atoms with Gasteiger partial charge in [0.05, 0.1) is 16.6 Å². The summed E-state index contributed by atoms with van der Waals surface area (Å²) in [5.74, 6) is 0.779. The van der Waals surface area contributed by atoms with Gasteiger partial charge in [0.15, 0.2) is 5.82 Å². The molecule has 0 saturated carbocycles. The van der Waals surface area contributed by atoms with Crippen molar-refractivity contribution < 1.29 is 4.79 Å². The lowest BCUT2D eigenvalue weighted by Gasteiger charge is -2.08. The average molecular weight is 412 g/mol. The fourth-order valence-electron chi connectivity index (χ4n) is 3.62. The number of imidazole rings is 1. The van der Waals surface area contributed by atoms with Gasteiger partial charge in [0.25, 0.3) is 5.91 Å². The second-order valence-corrected chi connectivity index (χ2v) is 7.02. The lowest BCUT2D eigenvalue weighted by atomic mass is 10.0. The van der Waals surface area contributed by atoms with Crippen LogP contribution in [0, 0.1) is 0 Å². The number of benzene rings is 2. The minimum absolute atomic E-state index is 0.188. The van der Waals surface area contributed by atoms with Crippen LogP contribution < -0.4 is 16.4 Å². The van der Waals surface area contributed by atoms with Gasteiger partial charge in [-0.3, -0.25) is 4.79 Å². The molecule has 0 aliphatic carbocycles. The third-order valence-electron chi connectivity index (χ3n) is 5.01. The van der Waals surface area contributed by atoms with E-state index < -0.39 is 0 Å². The van der Waals surface area contributed by atoms with E-state index in [0.717, 1.165) is 22.3 Å². The van der Waals surface area contributed by atoms with Gasteiger partial charge in [-0.2, -0.15) is 5.10 Å². The smallest absolute Gasteiger partial charge is 0.253 e. The standard InChI is InChI=1S/C22H20N8O/c1-2-24-21(31)15-11-30-19(20(23)25-12-26-30)18(15)13-7-9-14(10-8-13)27-22-28-16-5-3-4-6-17(16)29-22/h3-12H,2H2,1H3,(H,24,31)(H2,23,25,26)(H2,27,28,29). The number of carbonyl (C=O) groups excluding carboxylic acids is 1. The maximum absolute atomic E-state index is 12.7. The number of aromatic nitrogens is 5. The minimum Gasteiger partial charge on any atom is -0.382 e. The Morgan fingerprint density at radius 3 is 2.74 bits per heavy atom. The number of anilines is 3. The summed E-state index contributed by atoms with van der Waals surface area (Å²) in [6, 6.07) is 15.5. The number of hydrogen-bond donors (Lipinski definition) is 4. The summed E-state index contributed by atoms with van der Waals surface area (Å²) in [6.45, 7) is 2.39. The molecular formula is C22H20N8O. The highest BCUT2D eigenvalue weighted by atomic mass is 16.1. The SMILES string of the molecule is CCNC(=O)c1cn2ncnc(N)c2c1-c1ccc(Nc2nc3ccccc3[nH]2)cc1. The third kappa shape index (κ3) is 3.31. The zero-order valence-corrected chi connectivity index (χ0v) is 16.8. The maximum atomic E-state index is 12.7. The Bertz CT molecular complexity index is 1370. The molecule has 9 nitrogen and oxygen atoms in total. The quantitative estimate of drug-likeness (QED) is 0.351. The molecule has 9 heteroatoms. The van der Waals surface area contributed by atoms with Gasteiger partial charge in [0.1, 0.15) is 11.8 Å². The van der Waals surface area contributed by atoms with Crippen molar-refractivity contribution in [3.05, 3.63) is 66.6 Å². The van der Waals surface area contributed by atoms with E-state index in [9.17, 15) is 4.79 Å². The van der Waals surface area contributed by atoms with Crippen molar-refractivity contribution in [3.8, 4) is 11.1 Å². The number of para-hydroxylation sites is 2. The molecule has 5 rings (SSSR count). The Hall–Kier alpha value is -4.40. The molecule has 2 aromatic carbocycles. The first-order chi connectivity index (χ1) is 15.1. The van der Waals surface area contributed by atoms with E-state index in [0.29, 0.717) is 35.0 Å². The van der Waals surface area contributed by atoms with Crippen LogP contribution in [0.3, 0.4) is 0 Å². The lowest BCUT2D eigenvalue weighted by Crippen LogP contribution is -2.22. The number of H-pyrrole nitrogens is 1. The van der Waals surface area contributed by atoms with Crippen molar-refractivity contribution in [3.63, 3.8) is 0 Å². The van der Waals surface area contributed by atoms with E-state index in [4.69, 9.17) is 5.73 Å². The zero-order valence-electron chi connectivity index (χ0n) is 16.8. The van der Waals surface area contributed by atoms with E-state index in [1.807, 2.05) is 55.5 Å². The van der Waals surface area contributed by atoms with Gasteiger partial charge in [-0.1, -0.05) is 24.3 Å². The normalized spacial score (nSPS) is 11.1. The molecule has 1 amide bonds. The Morgan fingerprint density at radius 1 is 1.16 bits per heavy atom. The topological polar surface area (TPSA) is 126 Å². The van der Waals surface area contributed by atoms with Gasteiger partial charge in [-0.25, -0.2) is 14.5 Å². The molecule has 0 radical (unpaired) electrons. The van der Waals surface area contributed by atoms with Crippen LogP contribution in [-0.2, 0) is 0 Å². The fourth-order valence-corrected chi connectivity index (χ4v) is 3.62. The predicted octanol–water partition coefficient (Wildman–Crippen LogP) is 3.35. The molecule has 3 heterocycles. The summed E-state index contributed by atoms with van der Waals surface area (Å²) in [4.78, 5) is 24.5. The molecule has 31 heavy (non-hydrogen) atoms. The number of amides is 1. The third-order valence-corrected chi connectivity index (χ3v) is 5.01. The molecule has 5 aromatic rings. The van der Waals surface area contributed by atoms with Crippen LogP contribution in [0.25, 0.3) is 27.7 Å². The number of fused-ring (bicyclic) bond motifs is 2. The Labute approximate surface area is 177 Å². The minimum atomic E-state index is -0.188. The monoisotopic (exact) mass is 412 g/mol. The van der Waals surface area contributed by atoms with Crippen LogP contribution >= 0.6 is 0 Å². The number of nitrogens with one attached hydrogen (secondary N) is 3. The first-order valence-corrected chi connectivity index (χ1v) is 9.86. The molecule has 0 bridgehead atoms. The Morgan fingerprint density at radius 2 is 1.97 bits per heavy atom. The molecule has 0 aliphatic rings. The summed E-state index contributed by atoms with van der Waals surface area (Å²) in [7, 11) is 0. The molecular weight excluding hydrogens is 392 g/mol. The second-order valence-electron chi connectivity index (χ2n) is 7.02. The number of nitrogens with zero attached hydrogens (tertiary/aromatic N) is 4. The number of carbonyl (C=O) groups is 1. The highest BCUT2D eigenvalue weighted by Crippen LogP contribution is 2.33. The molecule has 3 aromatic heterocycles. The number of rotatable bonds is 5. The summed E-state index contributed by atoms with van der Waals surface area (Å²) >= 11 is 0. The summed E-state index contributed by atoms with van der Waals surface area (Å²) < 4.78 is 1.59. The molecule has 0 unspecified atom stereocenters. The van der Waals surface area contributed by atoms with Crippen molar-refractivity contribution in [1.29, 1.82) is 0 Å². The summed E-state index contributed by atoms with van der Waals surface area (Å²) in [5.41, 5.74) is 11.5. The molecule has 0 fully saturated rings. The Balaban J connectivity index is 1.53. The summed E-state index contributed by atoms with van der Waals surface area (Å²) in [6.07, 6.45) is 3.04. The average Bonchev–Trinajstić information content (AvgIpc) is 3.36. The molecule has 154 valence electrons. The predicted molar refractivity (Wildman–Crippen MR) is 120 cm³/mol. The molecule has 5 N–H and O–H groups in total. The van der Waals surface area contributed by atoms with E-state index in [-0.39, 0.29) is 5.91 Å². The second kappa shape index (κ2) is 7.45. The van der Waals surface area contributed by atoms with Gasteiger partial charge in [0, 0.05) is 24.0 Å². The molecule has 0 atom stereocenters. The van der Waals surface area contributed by atoms with E-state index in [1.165, 1.54) is 6.33 Å². The molecule has 0 saturated heterocycles. The van der Waals surface area contributed by atoms with Crippen molar-refractivity contribution in [2.45, 2.75) is 6.92 Å². The number of aromatic amines is 1. The molecule has 0 spiro atoms. The van der Waals surface area contributed by atoms with Crippen molar-refractivity contribution >= 4 is 39.9 Å². The van der Waals surface area contributed by atoms with E-state index in [1.54, 1.807) is 10.7 Å². The fraction of sp³-hybridized carbons (Fsp3) is 0.0909. The first kappa shape index (κ1) is 18.6. The van der Waals surface area contributed by atoms with Crippen molar-refractivity contribution in [1.82, 2.24) is 29.9 Å². The Kier molecular flexibility index (Phi) is 4.47. The van der Waals surface area contributed by atoms with E-state index in [2.05, 4.69) is 30.7 Å². The van der Waals surface area contributed by atoms with Gasteiger partial charge in [-0.15, -0.1) is 0 Å². The van der Waals surface area contributed by atoms with Gasteiger partial charge < -0.3 is 21.4 Å². The largest absolute Gasteiger partial charge is 0.382 e. The molecule has 0 aliphatic heterocycles. The van der Waals surface area contributed by atoms with Crippen LogP contribution in [0.15, 0.2) is 61.1 Å². The van der Waals surface area contributed by atoms with Crippen LogP contribution in [-0.4, -0.2) is 37.0 Å². The van der Waals surface area contributed by atoms with E-state index >= 15 is 0 Å². The highest BCUT2D eigenvalue weighted by molar-refractivity contribution is 6.07.